The summed E-state index contributed by atoms with van der Waals surface area (Å²) in [5.41, 5.74) is 17.9. The summed E-state index contributed by atoms with van der Waals surface area (Å²) in [4.78, 5) is 63.9. The van der Waals surface area contributed by atoms with Crippen LogP contribution in [0.4, 0.5) is 30.4 Å². The SMILES string of the molecule is C=Cc1cncc(C#Cc2csc(C)n2)c1.Cc1[nH+]c(C#Cc2c[nH+]cc(C3CC3)c2)cs1.Cc1[nH+]c(C#Cc2ccc(Oc3ccccc3)nc2)cs1.Cc1[nH+]c(C#Cc2cncc(N(C)c3cccnc3)c2)cs1.Cc1cncc(C#Cc2csc(C)n2)c1.Cc1nc(C#Cc2ccc(-c3cccc(C(F)(F)F)c3)nc2)cs1.Cc1nc(C#Cc2ccc(N3CCC(C)CC3)nc2)cs1.[Cl-].[Cl-].[Cl-]. The monoisotopic (exact) mass is 2030 g/mol. The number of aryl methyl sites for hydroxylation is 8. The van der Waals surface area contributed by atoms with Crippen LogP contribution in [0.25, 0.3) is 17.3 Å². The predicted octanol–water partition coefficient (Wildman–Crippen LogP) is 13.1. The topological polar surface area (TPSA) is 214 Å². The quantitative estimate of drug-likeness (QED) is 0.129. The zero-order valence-electron chi connectivity index (χ0n) is 77.2. The van der Waals surface area contributed by atoms with Crippen molar-refractivity contribution in [1.82, 2.24) is 54.8 Å². The lowest BCUT2D eigenvalue weighted by Crippen LogP contribution is -3.00. The van der Waals surface area contributed by atoms with Crippen LogP contribution in [0.5, 0.6) is 11.6 Å². The molecule has 0 radical (unpaired) electrons. The number of anilines is 3. The summed E-state index contributed by atoms with van der Waals surface area (Å²) in [7, 11) is 1.99. The Bertz CT molecular complexity index is 7360. The maximum Gasteiger partial charge on any atom is 0.416 e. The van der Waals surface area contributed by atoms with Crippen molar-refractivity contribution in [2.75, 3.05) is 29.9 Å². The zero-order valence-corrected chi connectivity index (χ0v) is 85.2. The molecule has 4 N–H and O–H groups in total. The molecule has 0 bridgehead atoms. The average molecular weight is 2030 g/mol. The van der Waals surface area contributed by atoms with Gasteiger partial charge in [0.05, 0.1) is 76.8 Å². The Kier molecular flexibility index (Phi) is 42.0. The van der Waals surface area contributed by atoms with Crippen LogP contribution in [0.1, 0.15) is 175 Å². The van der Waals surface area contributed by atoms with E-state index in [1.165, 1.54) is 53.7 Å². The molecule has 16 heterocycles. The summed E-state index contributed by atoms with van der Waals surface area (Å²) >= 11 is 11.4. The van der Waals surface area contributed by atoms with E-state index in [1.54, 1.807) is 136 Å². The summed E-state index contributed by atoms with van der Waals surface area (Å²) < 4.78 is 43.9. The number of aromatic amines is 4. The second kappa shape index (κ2) is 54.6. The number of nitrogens with one attached hydrogen (secondary N) is 4. The molecule has 139 heavy (non-hydrogen) atoms. The first-order chi connectivity index (χ1) is 66.0. The van der Waals surface area contributed by atoms with E-state index >= 15 is 0 Å². The number of piperidine rings is 1. The van der Waals surface area contributed by atoms with Crippen LogP contribution in [-0.2, 0) is 6.18 Å². The fourth-order valence-corrected chi connectivity index (χ4v) is 16.3. The molecule has 19 rings (SSSR count). The lowest BCUT2D eigenvalue weighted by Gasteiger charge is -2.31. The van der Waals surface area contributed by atoms with Crippen LogP contribution < -0.4 is 71.7 Å². The number of ether oxygens (including phenoxy) is 1. The molecule has 31 heteroatoms. The van der Waals surface area contributed by atoms with Crippen LogP contribution in [0.3, 0.4) is 0 Å². The van der Waals surface area contributed by atoms with E-state index in [1.807, 2.05) is 203 Å². The van der Waals surface area contributed by atoms with Crippen molar-refractivity contribution in [3.05, 3.63) is 388 Å². The molecule has 0 amide bonds. The van der Waals surface area contributed by atoms with Crippen molar-refractivity contribution in [1.29, 1.82) is 0 Å². The zero-order chi connectivity index (χ0) is 95.4. The van der Waals surface area contributed by atoms with Gasteiger partial charge in [-0.15, -0.1) is 45.3 Å². The minimum atomic E-state index is -4.37. The number of rotatable bonds is 8. The van der Waals surface area contributed by atoms with E-state index in [2.05, 4.69) is 207 Å². The summed E-state index contributed by atoms with van der Waals surface area (Å²) in [5, 5.41) is 21.4. The third-order valence-electron chi connectivity index (χ3n) is 19.5. The van der Waals surface area contributed by atoms with E-state index in [9.17, 15) is 13.2 Å². The highest BCUT2D eigenvalue weighted by Crippen LogP contribution is 2.40. The molecular weight excluding hydrogens is 1940 g/mol. The Balaban J connectivity index is 0.000000167. The van der Waals surface area contributed by atoms with Crippen molar-refractivity contribution in [2.24, 2.45) is 5.92 Å². The first-order valence-corrected chi connectivity index (χ1v) is 49.0. The Morgan fingerprint density at radius 3 is 1.39 bits per heavy atom. The normalized spacial score (nSPS) is 11.1. The molecule has 1 saturated heterocycles. The number of benzene rings is 2. The highest BCUT2D eigenvalue weighted by molar-refractivity contribution is 7.11. The molecule has 1 aliphatic heterocycles. The number of alkyl halides is 3. The van der Waals surface area contributed by atoms with Crippen LogP contribution in [-0.4, -0.2) is 75.0 Å². The lowest BCUT2D eigenvalue weighted by atomic mass is 9.99. The molecule has 0 unspecified atom stereocenters. The predicted molar refractivity (Wildman–Crippen MR) is 541 cm³/mol. The number of halogens is 6. The Morgan fingerprint density at radius 2 is 0.921 bits per heavy atom. The molecule has 2 fully saturated rings. The van der Waals surface area contributed by atoms with E-state index in [0.29, 0.717) is 28.4 Å². The average Bonchev–Trinajstić information content (AvgIpc) is 1.24. The van der Waals surface area contributed by atoms with E-state index in [0.717, 1.165) is 169 Å². The van der Waals surface area contributed by atoms with Crippen molar-refractivity contribution >= 4 is 103 Å². The van der Waals surface area contributed by atoms with E-state index < -0.39 is 11.7 Å². The second-order valence-electron chi connectivity index (χ2n) is 30.6. The van der Waals surface area contributed by atoms with Crippen LogP contribution >= 0.6 is 79.4 Å². The maximum absolute atomic E-state index is 12.8. The van der Waals surface area contributed by atoms with Gasteiger partial charge < -0.3 is 51.8 Å². The van der Waals surface area contributed by atoms with Crippen LogP contribution in [0, 0.1) is 144 Å². The highest BCUT2D eigenvalue weighted by atomic mass is 35.5. The smallest absolute Gasteiger partial charge is 0.416 e. The third kappa shape index (κ3) is 36.3. The van der Waals surface area contributed by atoms with Crippen molar-refractivity contribution in [3.63, 3.8) is 0 Å². The maximum atomic E-state index is 12.8. The number of para-hydroxylation sites is 1. The molecule has 0 spiro atoms. The van der Waals surface area contributed by atoms with Crippen LogP contribution in [0.2, 0.25) is 0 Å². The molecule has 698 valence electrons. The minimum absolute atomic E-state index is 0. The first-order valence-electron chi connectivity index (χ1n) is 42.8. The molecule has 2 aromatic carbocycles. The van der Waals surface area contributed by atoms with Gasteiger partial charge in [-0.05, 0) is 204 Å². The lowest BCUT2D eigenvalue weighted by molar-refractivity contribution is -0.383. The fraction of sp³-hybridized carbons (Fsp3) is 0.176. The second-order valence-corrected chi connectivity index (χ2v) is 38.1. The number of hydrogen-bond donors (Lipinski definition) is 0. The Hall–Kier alpha value is -14.2. The molecule has 17 aromatic rings. The molecule has 15 aromatic heterocycles. The van der Waals surface area contributed by atoms with Gasteiger partial charge in [-0.3, -0.25) is 24.9 Å². The summed E-state index contributed by atoms with van der Waals surface area (Å²) in [6, 6.07) is 38.0. The van der Waals surface area contributed by atoms with Gasteiger partial charge in [-0.25, -0.2) is 34.9 Å². The number of hydrogen-bond acceptors (Lipinski definition) is 21. The van der Waals surface area contributed by atoms with Gasteiger partial charge in [0.2, 0.25) is 20.9 Å². The fourth-order valence-electron chi connectivity index (χ4n) is 12.4. The third-order valence-corrected chi connectivity index (χ3v) is 25.0. The number of thiazole rings is 7. The summed E-state index contributed by atoms with van der Waals surface area (Å²) in [5.74, 6) is 46.9. The van der Waals surface area contributed by atoms with Gasteiger partial charge in [-0.2, -0.15) is 28.1 Å². The molecular formula is C108H92Cl3F3N17OS7+. The van der Waals surface area contributed by atoms with E-state index in [-0.39, 0.29) is 37.2 Å². The van der Waals surface area contributed by atoms with Gasteiger partial charge >= 0.3 is 6.18 Å². The van der Waals surface area contributed by atoms with Gasteiger partial charge in [0, 0.05) is 187 Å². The van der Waals surface area contributed by atoms with Crippen molar-refractivity contribution in [3.8, 4) is 106 Å². The number of H-pyrrole nitrogens is 4. The number of pyridine rings is 8. The minimum Gasteiger partial charge on any atom is -1.00 e. The first kappa shape index (κ1) is 107. The van der Waals surface area contributed by atoms with Gasteiger partial charge in [0.15, 0.2) is 12.4 Å². The summed E-state index contributed by atoms with van der Waals surface area (Å²) in [6.45, 7) is 24.2. The van der Waals surface area contributed by atoms with Gasteiger partial charge in [0.1, 0.15) is 34.3 Å². The number of nitrogens with zero attached hydrogens (tertiary/aromatic N) is 13. The van der Waals surface area contributed by atoms with Crippen LogP contribution in [0.15, 0.2) is 252 Å². The van der Waals surface area contributed by atoms with E-state index in [4.69, 9.17) is 4.74 Å². The molecule has 1 saturated carbocycles. The molecule has 2 aliphatic rings. The van der Waals surface area contributed by atoms with Gasteiger partial charge in [-0.1, -0.05) is 119 Å². The number of aromatic nitrogens is 15. The Labute approximate surface area is 855 Å². The molecule has 1 aliphatic carbocycles. The Morgan fingerprint density at radius 1 is 0.432 bits per heavy atom. The van der Waals surface area contributed by atoms with Crippen molar-refractivity contribution < 1.29 is 75.1 Å². The van der Waals surface area contributed by atoms with Gasteiger partial charge in [0.25, 0.3) is 17.1 Å². The molecule has 0 atom stereocenters. The largest absolute Gasteiger partial charge is 1.00 e. The standard InChI is InChI=1S/C18H11F3N2S.C17H14N4S.C17H19N3S.C17H12N2OS.C14H12N2S.C13H10N2S.C12H10N2S.3ClH/c1-12-23-16(11-24-12)7-5-13-6-8-17(22-10-13)14-3-2-4-15(9-14)18(19,20)21;1-13-20-15(12-22-13)6-5-14-8-17(11-19-9-14)21(2)16-4-3-7-18-10-16;1-13-7-9-20(10-8-13)17-6-4-15(11-18-17)3-5-16-12-21-14(2)19-16;1-13-19-15(12-21-13)9-7-14-8-10-17(18-11-14)20-16-5-3-2-4-6-16;1-10-16-14(9-17-10)5-2-11-6-13(8-15-7-11)12-3-4-12;1-3-11-6-12(8-14-7-11)4-5-13-9-16-10(2)15-13;1-9-5-11(7-13-6-9)3-4-12-8-15-10(2)14-12;;;/h2-4,6,8-11H,1H3;3-4,7-12H,1-2H3;4,6,11-13H,7-10H2,1-2H3;2-6,8,10-12H,1H3;6-9,12H,3-4H2,1H3;3,6-9H,1H2,2H3;5-8H,1-2H3;3*1H/p+1. The highest BCUT2D eigenvalue weighted by Gasteiger charge is 2.31. The van der Waals surface area contributed by atoms with Crippen molar-refractivity contribution in [2.45, 2.75) is 100 Å². The summed E-state index contributed by atoms with van der Waals surface area (Å²) in [6.07, 6.45) is 25.9. The molecule has 18 nitrogen and oxygen atoms in total.